The van der Waals surface area contributed by atoms with Crippen molar-refractivity contribution in [2.24, 2.45) is 0 Å². The Hall–Kier alpha value is -2.54. The van der Waals surface area contributed by atoms with Crippen LogP contribution in [0.4, 0.5) is 5.69 Å². The van der Waals surface area contributed by atoms with Gasteiger partial charge in [0.25, 0.3) is 0 Å². The van der Waals surface area contributed by atoms with Crippen LogP contribution in [0.3, 0.4) is 0 Å². The summed E-state index contributed by atoms with van der Waals surface area (Å²) in [5.74, 6) is -0.0633. The van der Waals surface area contributed by atoms with Crippen LogP contribution in [-0.4, -0.2) is 18.9 Å². The van der Waals surface area contributed by atoms with Gasteiger partial charge in [-0.15, -0.1) is 0 Å². The number of hydrogen-bond donors (Lipinski definition) is 1. The maximum Gasteiger partial charge on any atom is 0.161 e. The van der Waals surface area contributed by atoms with Gasteiger partial charge in [0.15, 0.2) is 5.78 Å². The summed E-state index contributed by atoms with van der Waals surface area (Å²) in [4.78, 5) is 14.9. The van der Waals surface area contributed by atoms with Gasteiger partial charge in [-0.3, -0.25) is 4.79 Å². The van der Waals surface area contributed by atoms with E-state index >= 15 is 0 Å². The monoisotopic (exact) mass is 335 g/mol. The minimum Gasteiger partial charge on any atom is -0.372 e. The van der Waals surface area contributed by atoms with E-state index < -0.39 is 0 Å². The van der Waals surface area contributed by atoms with Gasteiger partial charge in [-0.2, -0.15) is 5.26 Å². The molecular weight excluding hydrogens is 310 g/mol. The predicted octanol–water partition coefficient (Wildman–Crippen LogP) is 4.02. The molecule has 3 rings (SSSR count). The molecule has 2 aliphatic rings. The van der Waals surface area contributed by atoms with Gasteiger partial charge in [0.05, 0.1) is 17.6 Å². The molecule has 1 aromatic carbocycles. The summed E-state index contributed by atoms with van der Waals surface area (Å²) in [5, 5.41) is 13.0. The molecule has 4 nitrogen and oxygen atoms in total. The van der Waals surface area contributed by atoms with E-state index in [0.717, 1.165) is 48.5 Å². The summed E-state index contributed by atoms with van der Waals surface area (Å²) < 4.78 is 0. The molecule has 25 heavy (non-hydrogen) atoms. The van der Waals surface area contributed by atoms with Gasteiger partial charge in [0, 0.05) is 42.2 Å². The summed E-state index contributed by atoms with van der Waals surface area (Å²) in [6.45, 7) is 8.13. The fraction of sp³-hybridized carbons (Fsp3) is 0.429. The first kappa shape index (κ1) is 17.3. The molecule has 1 atom stereocenters. The number of carbonyl (C=O) groups is 1. The Morgan fingerprint density at radius 3 is 2.48 bits per heavy atom. The normalized spacial score (nSPS) is 20.1. The maximum absolute atomic E-state index is 12.6. The number of nitriles is 1. The van der Waals surface area contributed by atoms with Crippen molar-refractivity contribution < 1.29 is 4.79 Å². The van der Waals surface area contributed by atoms with Crippen molar-refractivity contribution in [2.75, 3.05) is 18.0 Å². The summed E-state index contributed by atoms with van der Waals surface area (Å²) in [5.41, 5.74) is 5.52. The van der Waals surface area contributed by atoms with E-state index in [9.17, 15) is 10.1 Å². The van der Waals surface area contributed by atoms with Crippen LogP contribution < -0.4 is 10.2 Å². The smallest absolute Gasteiger partial charge is 0.161 e. The van der Waals surface area contributed by atoms with Crippen molar-refractivity contribution in [1.29, 1.82) is 5.26 Å². The molecule has 0 spiro atoms. The molecule has 0 aromatic heterocycles. The highest BCUT2D eigenvalue weighted by atomic mass is 16.1. The second-order valence-electron chi connectivity index (χ2n) is 6.64. The predicted molar refractivity (Wildman–Crippen MR) is 100 cm³/mol. The highest BCUT2D eigenvalue weighted by Gasteiger charge is 2.35. The van der Waals surface area contributed by atoms with Crippen molar-refractivity contribution in [3.63, 3.8) is 0 Å². The quantitative estimate of drug-likeness (QED) is 0.903. The fourth-order valence-electron chi connectivity index (χ4n) is 3.93. The molecule has 1 aliphatic heterocycles. The van der Waals surface area contributed by atoms with Crippen molar-refractivity contribution in [3.05, 3.63) is 52.4 Å². The third kappa shape index (κ3) is 3.07. The largest absolute Gasteiger partial charge is 0.372 e. The van der Waals surface area contributed by atoms with Gasteiger partial charge in [-0.1, -0.05) is 12.1 Å². The lowest BCUT2D eigenvalue weighted by Crippen LogP contribution is -2.31. The molecule has 0 radical (unpaired) electrons. The Labute approximate surface area is 149 Å². The van der Waals surface area contributed by atoms with Crippen LogP contribution in [0.25, 0.3) is 0 Å². The second-order valence-corrected chi connectivity index (χ2v) is 6.64. The highest BCUT2D eigenvalue weighted by Crippen LogP contribution is 2.41. The second kappa shape index (κ2) is 7.14. The first-order valence-electron chi connectivity index (χ1n) is 9.09. The molecule has 0 amide bonds. The number of rotatable bonds is 4. The van der Waals surface area contributed by atoms with Gasteiger partial charge >= 0.3 is 0 Å². The first-order valence-corrected chi connectivity index (χ1v) is 9.09. The van der Waals surface area contributed by atoms with Crippen LogP contribution in [0.5, 0.6) is 0 Å². The lowest BCUT2D eigenvalue weighted by Gasteiger charge is -2.33. The Morgan fingerprint density at radius 1 is 1.20 bits per heavy atom. The van der Waals surface area contributed by atoms with Gasteiger partial charge in [0.2, 0.25) is 0 Å². The summed E-state index contributed by atoms with van der Waals surface area (Å²) in [6.07, 6.45) is 2.34. The number of allylic oxidation sites excluding steroid dienone is 4. The number of Topliss-reactive ketones (excluding diaryl/α,β-unsaturated/α-hetero) is 1. The average Bonchev–Trinajstić information content (AvgIpc) is 2.62. The molecule has 0 fully saturated rings. The zero-order valence-electron chi connectivity index (χ0n) is 15.2. The molecule has 130 valence electrons. The number of benzene rings is 1. The van der Waals surface area contributed by atoms with E-state index in [1.54, 1.807) is 0 Å². The number of hydrogen-bond acceptors (Lipinski definition) is 4. The number of dihydropyridines is 1. The maximum atomic E-state index is 12.6. The standard InChI is InChI=1S/C21H25N3O/c1-4-24(5-2)16-11-9-15(10-12-16)20-17(13-22)14(3)23-18-7-6-8-19(25)21(18)20/h9-12,20,23H,4-8H2,1-3H3. The van der Waals surface area contributed by atoms with E-state index in [2.05, 4.69) is 54.4 Å². The number of nitrogens with one attached hydrogen (secondary N) is 1. The van der Waals surface area contributed by atoms with Crippen molar-refractivity contribution in [2.45, 2.75) is 46.0 Å². The lowest BCUT2D eigenvalue weighted by molar-refractivity contribution is -0.116. The number of carbonyl (C=O) groups excluding carboxylic acids is 1. The van der Waals surface area contributed by atoms with Crippen LogP contribution in [0.1, 0.15) is 51.5 Å². The minimum absolute atomic E-state index is 0.173. The molecule has 4 heteroatoms. The Bertz CT molecular complexity index is 776. The van der Waals surface area contributed by atoms with Gasteiger partial charge in [-0.25, -0.2) is 0 Å². The topological polar surface area (TPSA) is 56.1 Å². The number of nitrogens with zero attached hydrogens (tertiary/aromatic N) is 2. The van der Waals surface area contributed by atoms with Crippen LogP contribution in [0.2, 0.25) is 0 Å². The van der Waals surface area contributed by atoms with Crippen LogP contribution in [0.15, 0.2) is 46.8 Å². The Balaban J connectivity index is 2.05. The Kier molecular flexibility index (Phi) is 4.94. The molecule has 1 aromatic rings. The first-order chi connectivity index (χ1) is 12.1. The summed E-state index contributed by atoms with van der Waals surface area (Å²) >= 11 is 0. The third-order valence-electron chi connectivity index (χ3n) is 5.25. The molecule has 0 saturated carbocycles. The summed E-state index contributed by atoms with van der Waals surface area (Å²) in [7, 11) is 0. The molecule has 0 saturated heterocycles. The van der Waals surface area contributed by atoms with Crippen molar-refractivity contribution in [1.82, 2.24) is 5.32 Å². The minimum atomic E-state index is -0.236. The van der Waals surface area contributed by atoms with Gasteiger partial charge in [-0.05, 0) is 51.3 Å². The van der Waals surface area contributed by atoms with Crippen molar-refractivity contribution in [3.8, 4) is 6.07 Å². The van der Waals surface area contributed by atoms with Crippen LogP contribution in [-0.2, 0) is 4.79 Å². The fourth-order valence-corrected chi connectivity index (χ4v) is 3.93. The molecule has 1 heterocycles. The zero-order valence-corrected chi connectivity index (χ0v) is 15.2. The van der Waals surface area contributed by atoms with E-state index in [4.69, 9.17) is 0 Å². The van der Waals surface area contributed by atoms with Gasteiger partial charge in [0.1, 0.15) is 0 Å². The van der Waals surface area contributed by atoms with E-state index in [0.29, 0.717) is 12.0 Å². The molecule has 1 unspecified atom stereocenters. The van der Waals surface area contributed by atoms with Gasteiger partial charge < -0.3 is 10.2 Å². The highest BCUT2D eigenvalue weighted by molar-refractivity contribution is 5.99. The Morgan fingerprint density at radius 2 is 1.88 bits per heavy atom. The van der Waals surface area contributed by atoms with Crippen LogP contribution in [0, 0.1) is 11.3 Å². The third-order valence-corrected chi connectivity index (χ3v) is 5.25. The molecular formula is C21H25N3O. The van der Waals surface area contributed by atoms with E-state index in [1.807, 2.05) is 6.92 Å². The van der Waals surface area contributed by atoms with E-state index in [1.165, 1.54) is 5.69 Å². The summed E-state index contributed by atoms with van der Waals surface area (Å²) in [6, 6.07) is 10.7. The molecule has 1 aliphatic carbocycles. The lowest BCUT2D eigenvalue weighted by atomic mass is 9.75. The SMILES string of the molecule is CCN(CC)c1ccc(C2C(C#N)=C(C)NC3=C2C(=O)CCC3)cc1. The van der Waals surface area contributed by atoms with Crippen molar-refractivity contribution >= 4 is 11.5 Å². The number of ketones is 1. The molecule has 0 bridgehead atoms. The zero-order chi connectivity index (χ0) is 18.0. The van der Waals surface area contributed by atoms with Crippen LogP contribution >= 0.6 is 0 Å². The number of anilines is 1. The molecule has 1 N–H and O–H groups in total. The average molecular weight is 335 g/mol. The van der Waals surface area contributed by atoms with E-state index in [-0.39, 0.29) is 11.7 Å².